The van der Waals surface area contributed by atoms with Crippen molar-refractivity contribution >= 4 is 17.6 Å². The number of aryl methyl sites for hydroxylation is 1. The molecule has 0 aliphatic rings. The van der Waals surface area contributed by atoms with Gasteiger partial charge in [-0.15, -0.1) is 0 Å². The number of ether oxygens (including phenoxy) is 1. The van der Waals surface area contributed by atoms with Crippen LogP contribution >= 0.6 is 11.6 Å². The predicted octanol–water partition coefficient (Wildman–Crippen LogP) is 4.74. The molecular formula is C23H23ClN2O3. The summed E-state index contributed by atoms with van der Waals surface area (Å²) in [6, 6.07) is 14.6. The third kappa shape index (κ3) is 5.12. The second kappa shape index (κ2) is 9.52. The highest BCUT2D eigenvalue weighted by Crippen LogP contribution is 2.28. The molecule has 0 N–H and O–H groups in total. The minimum Gasteiger partial charge on any atom is -0.465 e. The van der Waals surface area contributed by atoms with Crippen molar-refractivity contribution in [2.75, 3.05) is 7.11 Å². The van der Waals surface area contributed by atoms with Gasteiger partial charge in [0.1, 0.15) is 0 Å². The summed E-state index contributed by atoms with van der Waals surface area (Å²) < 4.78 is 6.88. The predicted molar refractivity (Wildman–Crippen MR) is 114 cm³/mol. The van der Waals surface area contributed by atoms with Gasteiger partial charge in [0, 0.05) is 23.3 Å². The Morgan fingerprint density at radius 1 is 1.14 bits per heavy atom. The number of halogens is 1. The van der Waals surface area contributed by atoms with Gasteiger partial charge in [0.2, 0.25) is 0 Å². The van der Waals surface area contributed by atoms with Gasteiger partial charge in [-0.05, 0) is 47.7 Å². The zero-order chi connectivity index (χ0) is 20.8. The van der Waals surface area contributed by atoms with E-state index in [9.17, 15) is 9.59 Å². The third-order valence-corrected chi connectivity index (χ3v) is 5.01. The molecule has 0 aliphatic carbocycles. The molecule has 0 saturated heterocycles. The van der Waals surface area contributed by atoms with E-state index in [4.69, 9.17) is 16.3 Å². The molecule has 29 heavy (non-hydrogen) atoms. The fourth-order valence-electron chi connectivity index (χ4n) is 3.21. The Balaban J connectivity index is 1.88. The fraction of sp³-hybridized carbons (Fsp3) is 0.261. The summed E-state index contributed by atoms with van der Waals surface area (Å²) in [4.78, 5) is 27.6. The first-order chi connectivity index (χ1) is 14.0. The van der Waals surface area contributed by atoms with E-state index in [-0.39, 0.29) is 5.56 Å². The summed E-state index contributed by atoms with van der Waals surface area (Å²) in [5.41, 5.74) is 3.91. The minimum atomic E-state index is -0.402. The van der Waals surface area contributed by atoms with Gasteiger partial charge >= 0.3 is 5.97 Å². The fourth-order valence-corrected chi connectivity index (χ4v) is 3.38. The molecule has 1 aromatic heterocycles. The van der Waals surface area contributed by atoms with Gasteiger partial charge in [-0.25, -0.2) is 4.79 Å². The van der Waals surface area contributed by atoms with E-state index in [1.54, 1.807) is 30.6 Å². The number of nitrogens with zero attached hydrogens (tertiary/aromatic N) is 2. The smallest absolute Gasteiger partial charge is 0.338 e. The number of aromatic nitrogens is 2. The zero-order valence-corrected chi connectivity index (χ0v) is 17.3. The largest absolute Gasteiger partial charge is 0.465 e. The maximum atomic E-state index is 12.1. The Morgan fingerprint density at radius 3 is 2.59 bits per heavy atom. The van der Waals surface area contributed by atoms with Crippen LogP contribution in [0.5, 0.6) is 0 Å². The highest BCUT2D eigenvalue weighted by Gasteiger charge is 2.14. The lowest BCUT2D eigenvalue weighted by atomic mass is 9.98. The van der Waals surface area contributed by atoms with Crippen LogP contribution in [0.1, 0.15) is 41.4 Å². The highest BCUT2D eigenvalue weighted by molar-refractivity contribution is 6.31. The van der Waals surface area contributed by atoms with E-state index in [1.807, 2.05) is 28.8 Å². The number of rotatable bonds is 7. The summed E-state index contributed by atoms with van der Waals surface area (Å²) in [7, 11) is 1.36. The highest BCUT2D eigenvalue weighted by atomic mass is 35.5. The molecule has 0 saturated carbocycles. The summed E-state index contributed by atoms with van der Waals surface area (Å²) in [5, 5.41) is 0.552. The van der Waals surface area contributed by atoms with Gasteiger partial charge in [0.15, 0.2) is 0 Å². The van der Waals surface area contributed by atoms with Crippen molar-refractivity contribution in [3.63, 3.8) is 0 Å². The average Bonchev–Trinajstić information content (AvgIpc) is 2.73. The SMILES string of the molecule is CCCCc1cc(=O)ncn1Cc1ccc(-c2cc(Cl)ccc2C(=O)OC)cc1. The third-order valence-electron chi connectivity index (χ3n) is 4.77. The number of esters is 1. The van der Waals surface area contributed by atoms with Crippen LogP contribution in [0.15, 0.2) is 59.7 Å². The van der Waals surface area contributed by atoms with E-state index in [2.05, 4.69) is 11.9 Å². The summed E-state index contributed by atoms with van der Waals surface area (Å²) in [6.07, 6.45) is 4.53. The zero-order valence-electron chi connectivity index (χ0n) is 16.5. The quantitative estimate of drug-likeness (QED) is 0.528. The van der Waals surface area contributed by atoms with Gasteiger partial charge in [-0.2, -0.15) is 4.98 Å². The van der Waals surface area contributed by atoms with E-state index in [1.165, 1.54) is 7.11 Å². The Bertz CT molecular complexity index is 1060. The normalized spacial score (nSPS) is 10.7. The number of hydrogen-bond acceptors (Lipinski definition) is 4. The molecular weight excluding hydrogens is 388 g/mol. The van der Waals surface area contributed by atoms with Crippen molar-refractivity contribution in [2.45, 2.75) is 32.7 Å². The van der Waals surface area contributed by atoms with Crippen LogP contribution in [0.25, 0.3) is 11.1 Å². The number of carbonyl (C=O) groups is 1. The monoisotopic (exact) mass is 410 g/mol. The molecule has 0 spiro atoms. The second-order valence-electron chi connectivity index (χ2n) is 6.83. The Labute approximate surface area is 174 Å². The van der Waals surface area contributed by atoms with Crippen LogP contribution in [-0.2, 0) is 17.7 Å². The second-order valence-corrected chi connectivity index (χ2v) is 7.26. The molecule has 0 fully saturated rings. The van der Waals surface area contributed by atoms with Gasteiger partial charge in [-0.3, -0.25) is 4.79 Å². The molecule has 3 aromatic rings. The van der Waals surface area contributed by atoms with Crippen LogP contribution in [0, 0.1) is 0 Å². The van der Waals surface area contributed by atoms with Crippen molar-refractivity contribution in [1.82, 2.24) is 9.55 Å². The van der Waals surface area contributed by atoms with Gasteiger partial charge in [0.05, 0.1) is 19.0 Å². The molecule has 0 atom stereocenters. The lowest BCUT2D eigenvalue weighted by molar-refractivity contribution is 0.0601. The molecule has 150 valence electrons. The lowest BCUT2D eigenvalue weighted by Gasteiger charge is -2.13. The molecule has 0 amide bonds. The van der Waals surface area contributed by atoms with Crippen molar-refractivity contribution in [1.29, 1.82) is 0 Å². The molecule has 0 radical (unpaired) electrons. The van der Waals surface area contributed by atoms with Crippen LogP contribution in [-0.4, -0.2) is 22.6 Å². The standard InChI is InChI=1S/C23H23ClN2O3/c1-3-4-5-19-13-22(27)25-15-26(19)14-16-6-8-17(9-7-16)21-12-18(24)10-11-20(21)23(28)29-2/h6-13,15H,3-5,14H2,1-2H3. The molecule has 2 aromatic carbocycles. The van der Waals surface area contributed by atoms with Crippen molar-refractivity contribution < 1.29 is 9.53 Å². The van der Waals surface area contributed by atoms with E-state index in [0.29, 0.717) is 17.1 Å². The van der Waals surface area contributed by atoms with Gasteiger partial charge < -0.3 is 9.30 Å². The maximum absolute atomic E-state index is 12.1. The molecule has 5 nitrogen and oxygen atoms in total. The number of carbonyl (C=O) groups excluding carboxylic acids is 1. The van der Waals surface area contributed by atoms with Crippen LogP contribution in [0.3, 0.4) is 0 Å². The minimum absolute atomic E-state index is 0.209. The summed E-state index contributed by atoms with van der Waals surface area (Å²) >= 11 is 6.14. The van der Waals surface area contributed by atoms with E-state index in [0.717, 1.165) is 41.6 Å². The van der Waals surface area contributed by atoms with Crippen LogP contribution < -0.4 is 5.56 Å². The molecule has 1 heterocycles. The topological polar surface area (TPSA) is 61.2 Å². The van der Waals surface area contributed by atoms with Crippen molar-refractivity contribution in [2.24, 2.45) is 0 Å². The number of methoxy groups -OCH3 is 1. The summed E-state index contributed by atoms with van der Waals surface area (Å²) in [5.74, 6) is -0.402. The molecule has 0 aliphatic heterocycles. The Kier molecular flexibility index (Phi) is 6.83. The van der Waals surface area contributed by atoms with Crippen molar-refractivity contribution in [3.8, 4) is 11.1 Å². The molecule has 0 bridgehead atoms. The summed E-state index contributed by atoms with van der Waals surface area (Å²) in [6.45, 7) is 2.74. The maximum Gasteiger partial charge on any atom is 0.338 e. The Hall–Kier alpha value is -2.92. The van der Waals surface area contributed by atoms with Gasteiger partial charge in [0.25, 0.3) is 5.56 Å². The number of hydrogen-bond donors (Lipinski definition) is 0. The first-order valence-corrected chi connectivity index (χ1v) is 9.92. The lowest BCUT2D eigenvalue weighted by Crippen LogP contribution is -2.15. The first-order valence-electron chi connectivity index (χ1n) is 9.54. The first kappa shape index (κ1) is 20.8. The van der Waals surface area contributed by atoms with Gasteiger partial charge in [-0.1, -0.05) is 49.2 Å². The van der Waals surface area contributed by atoms with Crippen LogP contribution in [0.4, 0.5) is 0 Å². The average molecular weight is 411 g/mol. The Morgan fingerprint density at radius 2 is 1.90 bits per heavy atom. The number of benzene rings is 2. The van der Waals surface area contributed by atoms with E-state index < -0.39 is 5.97 Å². The van der Waals surface area contributed by atoms with Crippen molar-refractivity contribution in [3.05, 3.63) is 87.1 Å². The van der Waals surface area contributed by atoms with E-state index >= 15 is 0 Å². The molecule has 3 rings (SSSR count). The number of unbranched alkanes of at least 4 members (excludes halogenated alkanes) is 1. The molecule has 6 heteroatoms. The van der Waals surface area contributed by atoms with Crippen LogP contribution in [0.2, 0.25) is 5.02 Å². The molecule has 0 unspecified atom stereocenters.